The topological polar surface area (TPSA) is 49.4 Å². The van der Waals surface area contributed by atoms with Gasteiger partial charge in [-0.3, -0.25) is 9.59 Å². The Labute approximate surface area is 121 Å². The van der Waals surface area contributed by atoms with Crippen LogP contribution in [0, 0.1) is 0 Å². The fourth-order valence-corrected chi connectivity index (χ4v) is 2.97. The van der Waals surface area contributed by atoms with Crippen LogP contribution in [0.4, 0.5) is 11.4 Å². The number of aryl methyl sites for hydroxylation is 1. The van der Waals surface area contributed by atoms with Gasteiger partial charge in [0.2, 0.25) is 5.91 Å². The van der Waals surface area contributed by atoms with Crippen LogP contribution in [0.5, 0.6) is 0 Å². The average Bonchev–Trinajstić information content (AvgIpc) is 2.97. The number of carbonyl (C=O) groups is 2. The molecular formula is C15H14N2O2S. The molecule has 0 saturated heterocycles. The van der Waals surface area contributed by atoms with E-state index in [0.717, 1.165) is 23.4 Å². The molecule has 1 aromatic carbocycles. The van der Waals surface area contributed by atoms with Crippen LogP contribution < -0.4 is 10.2 Å². The SMILES string of the molecule is CN1C(=O)CCc2cc(NC(=O)c3ccsc3)ccc21. The first-order chi connectivity index (χ1) is 9.65. The van der Waals surface area contributed by atoms with Gasteiger partial charge in [-0.15, -0.1) is 0 Å². The summed E-state index contributed by atoms with van der Waals surface area (Å²) in [6, 6.07) is 7.46. The number of hydrogen-bond acceptors (Lipinski definition) is 3. The van der Waals surface area contributed by atoms with Gasteiger partial charge in [-0.1, -0.05) is 0 Å². The van der Waals surface area contributed by atoms with Crippen LogP contribution in [-0.2, 0) is 11.2 Å². The van der Waals surface area contributed by atoms with Crippen molar-refractivity contribution in [2.45, 2.75) is 12.8 Å². The zero-order valence-corrected chi connectivity index (χ0v) is 11.9. The predicted molar refractivity (Wildman–Crippen MR) is 80.4 cm³/mol. The first-order valence-corrected chi connectivity index (χ1v) is 7.32. The predicted octanol–water partition coefficient (Wildman–Crippen LogP) is 2.91. The van der Waals surface area contributed by atoms with Crippen molar-refractivity contribution >= 4 is 34.5 Å². The lowest BCUT2D eigenvalue weighted by molar-refractivity contribution is -0.118. The maximum atomic E-state index is 12.0. The van der Waals surface area contributed by atoms with Gasteiger partial charge in [0.05, 0.1) is 5.56 Å². The lowest BCUT2D eigenvalue weighted by Gasteiger charge is -2.26. The summed E-state index contributed by atoms with van der Waals surface area (Å²) >= 11 is 1.50. The van der Waals surface area contributed by atoms with Crippen molar-refractivity contribution in [2.75, 3.05) is 17.3 Å². The Morgan fingerprint density at radius 3 is 2.90 bits per heavy atom. The highest BCUT2D eigenvalue weighted by Crippen LogP contribution is 2.29. The van der Waals surface area contributed by atoms with Gasteiger partial charge in [0.1, 0.15) is 0 Å². The third kappa shape index (κ3) is 2.32. The smallest absolute Gasteiger partial charge is 0.256 e. The molecule has 0 aliphatic carbocycles. The molecule has 4 nitrogen and oxygen atoms in total. The van der Waals surface area contributed by atoms with Gasteiger partial charge < -0.3 is 10.2 Å². The maximum absolute atomic E-state index is 12.0. The maximum Gasteiger partial charge on any atom is 0.256 e. The Balaban J connectivity index is 1.83. The van der Waals surface area contributed by atoms with Crippen LogP contribution in [0.1, 0.15) is 22.3 Å². The molecule has 3 rings (SSSR count). The standard InChI is InChI=1S/C15H14N2O2S/c1-17-13-4-3-12(8-10(13)2-5-14(17)18)16-15(19)11-6-7-20-9-11/h3-4,6-9H,2,5H2,1H3,(H,16,19). The van der Waals surface area contributed by atoms with Crippen molar-refractivity contribution in [3.63, 3.8) is 0 Å². The van der Waals surface area contributed by atoms with E-state index in [2.05, 4.69) is 5.32 Å². The van der Waals surface area contributed by atoms with Crippen molar-refractivity contribution < 1.29 is 9.59 Å². The monoisotopic (exact) mass is 286 g/mol. The molecule has 0 spiro atoms. The van der Waals surface area contributed by atoms with E-state index in [4.69, 9.17) is 0 Å². The lowest BCUT2D eigenvalue weighted by atomic mass is 10.0. The van der Waals surface area contributed by atoms with Crippen molar-refractivity contribution in [1.29, 1.82) is 0 Å². The molecule has 102 valence electrons. The van der Waals surface area contributed by atoms with Gasteiger partial charge in [0.15, 0.2) is 0 Å². The van der Waals surface area contributed by atoms with Crippen LogP contribution in [0.25, 0.3) is 0 Å². The van der Waals surface area contributed by atoms with Crippen molar-refractivity contribution in [1.82, 2.24) is 0 Å². The quantitative estimate of drug-likeness (QED) is 0.922. The summed E-state index contributed by atoms with van der Waals surface area (Å²) in [6.07, 6.45) is 1.24. The molecule has 2 aromatic rings. The largest absolute Gasteiger partial charge is 0.322 e. The van der Waals surface area contributed by atoms with E-state index in [9.17, 15) is 9.59 Å². The summed E-state index contributed by atoms with van der Waals surface area (Å²) in [5, 5.41) is 6.58. The highest BCUT2D eigenvalue weighted by Gasteiger charge is 2.21. The van der Waals surface area contributed by atoms with Gasteiger partial charge in [-0.2, -0.15) is 11.3 Å². The summed E-state index contributed by atoms with van der Waals surface area (Å²) in [5.41, 5.74) is 3.45. The molecule has 1 aromatic heterocycles. The molecule has 2 amide bonds. The van der Waals surface area contributed by atoms with Gasteiger partial charge in [0.25, 0.3) is 5.91 Å². The lowest BCUT2D eigenvalue weighted by Crippen LogP contribution is -2.31. The second-order valence-corrected chi connectivity index (χ2v) is 5.54. The van der Waals surface area contributed by atoms with Crippen molar-refractivity contribution in [3.05, 3.63) is 46.2 Å². The van der Waals surface area contributed by atoms with Crippen LogP contribution >= 0.6 is 11.3 Å². The molecule has 0 saturated carbocycles. The molecule has 20 heavy (non-hydrogen) atoms. The van der Waals surface area contributed by atoms with E-state index in [-0.39, 0.29) is 11.8 Å². The Kier molecular flexibility index (Phi) is 3.28. The minimum atomic E-state index is -0.105. The minimum absolute atomic E-state index is 0.105. The fourth-order valence-electron chi connectivity index (χ4n) is 2.33. The minimum Gasteiger partial charge on any atom is -0.322 e. The number of anilines is 2. The van der Waals surface area contributed by atoms with E-state index in [0.29, 0.717) is 12.0 Å². The molecule has 0 radical (unpaired) electrons. The third-order valence-electron chi connectivity index (χ3n) is 3.46. The Morgan fingerprint density at radius 1 is 1.30 bits per heavy atom. The average molecular weight is 286 g/mol. The van der Waals surface area contributed by atoms with Gasteiger partial charge in [-0.05, 0) is 41.6 Å². The zero-order chi connectivity index (χ0) is 14.1. The molecule has 0 atom stereocenters. The van der Waals surface area contributed by atoms with E-state index in [1.807, 2.05) is 29.0 Å². The Morgan fingerprint density at radius 2 is 2.15 bits per heavy atom. The van der Waals surface area contributed by atoms with Crippen LogP contribution in [0.15, 0.2) is 35.0 Å². The zero-order valence-electron chi connectivity index (χ0n) is 11.1. The summed E-state index contributed by atoms with van der Waals surface area (Å²) < 4.78 is 0. The number of nitrogens with zero attached hydrogens (tertiary/aromatic N) is 1. The molecule has 5 heteroatoms. The van der Waals surface area contributed by atoms with Crippen molar-refractivity contribution in [2.24, 2.45) is 0 Å². The van der Waals surface area contributed by atoms with E-state index in [1.165, 1.54) is 11.3 Å². The number of rotatable bonds is 2. The number of amides is 2. The summed E-state index contributed by atoms with van der Waals surface area (Å²) in [7, 11) is 1.78. The normalized spacial score (nSPS) is 14.1. The molecule has 0 bridgehead atoms. The molecule has 2 heterocycles. The molecule has 1 aliphatic heterocycles. The number of hydrogen-bond donors (Lipinski definition) is 1. The Bertz CT molecular complexity index is 665. The van der Waals surface area contributed by atoms with E-state index in [1.54, 1.807) is 18.0 Å². The third-order valence-corrected chi connectivity index (χ3v) is 4.15. The van der Waals surface area contributed by atoms with Crippen molar-refractivity contribution in [3.8, 4) is 0 Å². The molecule has 1 N–H and O–H groups in total. The number of carbonyl (C=O) groups excluding carboxylic acids is 2. The molecule has 0 unspecified atom stereocenters. The number of fused-ring (bicyclic) bond motifs is 1. The molecule has 1 aliphatic rings. The van der Waals surface area contributed by atoms with Crippen LogP contribution in [-0.4, -0.2) is 18.9 Å². The summed E-state index contributed by atoms with van der Waals surface area (Å²) in [6.45, 7) is 0. The van der Waals surface area contributed by atoms with Crippen LogP contribution in [0.2, 0.25) is 0 Å². The second kappa shape index (κ2) is 5.09. The highest BCUT2D eigenvalue weighted by atomic mass is 32.1. The summed E-state index contributed by atoms with van der Waals surface area (Å²) in [5.74, 6) is 0.0269. The van der Waals surface area contributed by atoms with Gasteiger partial charge in [0, 0.05) is 30.2 Å². The number of nitrogens with one attached hydrogen (secondary N) is 1. The number of benzene rings is 1. The van der Waals surface area contributed by atoms with Crippen LogP contribution in [0.3, 0.4) is 0 Å². The van der Waals surface area contributed by atoms with Gasteiger partial charge >= 0.3 is 0 Å². The summed E-state index contributed by atoms with van der Waals surface area (Å²) in [4.78, 5) is 25.3. The van der Waals surface area contributed by atoms with Gasteiger partial charge in [-0.25, -0.2) is 0 Å². The first kappa shape index (κ1) is 12.9. The molecular weight excluding hydrogens is 272 g/mol. The fraction of sp³-hybridized carbons (Fsp3) is 0.200. The second-order valence-electron chi connectivity index (χ2n) is 4.76. The number of thiophene rings is 1. The van der Waals surface area contributed by atoms with E-state index < -0.39 is 0 Å². The highest BCUT2D eigenvalue weighted by molar-refractivity contribution is 7.08. The molecule has 0 fully saturated rings. The van der Waals surface area contributed by atoms with E-state index >= 15 is 0 Å². The first-order valence-electron chi connectivity index (χ1n) is 6.38. The Hall–Kier alpha value is -2.14.